The maximum absolute atomic E-state index is 12.4. The second-order valence-electron chi connectivity index (χ2n) is 6.77. The number of methoxy groups -OCH3 is 1. The summed E-state index contributed by atoms with van der Waals surface area (Å²) in [5.41, 5.74) is 1.36. The molecule has 0 spiro atoms. The number of amides is 1. The number of likely N-dealkylation sites (N-methyl/N-ethyl adjacent to an activating group) is 1. The monoisotopic (exact) mass is 346 g/mol. The van der Waals surface area contributed by atoms with Gasteiger partial charge in [0.15, 0.2) is 0 Å². The Morgan fingerprint density at radius 2 is 2.00 bits per heavy atom. The lowest BCUT2D eigenvalue weighted by atomic mass is 10.0. The lowest BCUT2D eigenvalue weighted by molar-refractivity contribution is -0.141. The molecule has 0 aromatic heterocycles. The minimum atomic E-state index is -0.250. The van der Waals surface area contributed by atoms with E-state index in [1.807, 2.05) is 18.0 Å². The lowest BCUT2D eigenvalue weighted by Crippen LogP contribution is -2.48. The van der Waals surface area contributed by atoms with Gasteiger partial charge in [0, 0.05) is 39.0 Å². The molecule has 1 fully saturated rings. The standard InChI is InChI=1S/C20H30N2O3/c1-21(19(23)11-6-12-20(24)25-2)18-10-7-14-22(16-18)15-13-17-8-4-3-5-9-17/h3-5,8-9,18H,6-7,10-16H2,1-2H3. The summed E-state index contributed by atoms with van der Waals surface area (Å²) in [5.74, 6) is -0.126. The number of esters is 1. The maximum atomic E-state index is 12.4. The van der Waals surface area contributed by atoms with E-state index >= 15 is 0 Å². The molecule has 5 nitrogen and oxygen atoms in total. The third-order valence-corrected chi connectivity index (χ3v) is 4.98. The Morgan fingerprint density at radius 1 is 1.24 bits per heavy atom. The van der Waals surface area contributed by atoms with Gasteiger partial charge in [-0.2, -0.15) is 0 Å². The SMILES string of the molecule is COC(=O)CCCC(=O)N(C)C1CCCN(CCc2ccccc2)C1. The fourth-order valence-corrected chi connectivity index (χ4v) is 3.35. The highest BCUT2D eigenvalue weighted by molar-refractivity contribution is 5.77. The minimum absolute atomic E-state index is 0.124. The van der Waals surface area contributed by atoms with E-state index < -0.39 is 0 Å². The number of nitrogens with zero attached hydrogens (tertiary/aromatic N) is 2. The van der Waals surface area contributed by atoms with Crippen molar-refractivity contribution in [1.82, 2.24) is 9.80 Å². The zero-order valence-corrected chi connectivity index (χ0v) is 15.4. The van der Waals surface area contributed by atoms with Gasteiger partial charge in [0.1, 0.15) is 0 Å². The van der Waals surface area contributed by atoms with Gasteiger partial charge in [-0.1, -0.05) is 30.3 Å². The van der Waals surface area contributed by atoms with Gasteiger partial charge in [0.2, 0.25) is 5.91 Å². The molecule has 1 aromatic carbocycles. The van der Waals surface area contributed by atoms with Crippen LogP contribution in [0.4, 0.5) is 0 Å². The van der Waals surface area contributed by atoms with E-state index in [1.54, 1.807) is 0 Å². The maximum Gasteiger partial charge on any atom is 0.305 e. The summed E-state index contributed by atoms with van der Waals surface area (Å²) in [6.07, 6.45) is 4.50. The smallest absolute Gasteiger partial charge is 0.305 e. The molecule has 0 N–H and O–H groups in total. The van der Waals surface area contributed by atoms with E-state index in [0.29, 0.717) is 19.3 Å². The zero-order chi connectivity index (χ0) is 18.1. The van der Waals surface area contributed by atoms with Crippen LogP contribution in [0.3, 0.4) is 0 Å². The number of ether oxygens (including phenoxy) is 1. The molecule has 1 heterocycles. The fraction of sp³-hybridized carbons (Fsp3) is 0.600. The summed E-state index contributed by atoms with van der Waals surface area (Å²) in [6, 6.07) is 10.8. The van der Waals surface area contributed by atoms with Gasteiger partial charge in [0.25, 0.3) is 0 Å². The average molecular weight is 346 g/mol. The Morgan fingerprint density at radius 3 is 2.72 bits per heavy atom. The van der Waals surface area contributed by atoms with Gasteiger partial charge in [-0.25, -0.2) is 0 Å². The first-order valence-electron chi connectivity index (χ1n) is 9.19. The topological polar surface area (TPSA) is 49.9 Å². The molecule has 138 valence electrons. The second-order valence-corrected chi connectivity index (χ2v) is 6.77. The Kier molecular flexibility index (Phi) is 7.92. The Balaban J connectivity index is 1.75. The first-order chi connectivity index (χ1) is 12.1. The molecular formula is C20H30N2O3. The van der Waals surface area contributed by atoms with Crippen molar-refractivity contribution in [3.05, 3.63) is 35.9 Å². The molecule has 0 radical (unpaired) electrons. The van der Waals surface area contributed by atoms with E-state index in [9.17, 15) is 9.59 Å². The van der Waals surface area contributed by atoms with Crippen molar-refractivity contribution in [3.8, 4) is 0 Å². The molecule has 0 bridgehead atoms. The van der Waals surface area contributed by atoms with Crippen molar-refractivity contribution in [3.63, 3.8) is 0 Å². The Bertz CT molecular complexity index is 547. The molecule has 1 amide bonds. The van der Waals surface area contributed by atoms with Crippen LogP contribution in [0, 0.1) is 0 Å². The van der Waals surface area contributed by atoms with Crippen molar-refractivity contribution in [2.24, 2.45) is 0 Å². The van der Waals surface area contributed by atoms with E-state index in [0.717, 1.165) is 38.9 Å². The summed E-state index contributed by atoms with van der Waals surface area (Å²) in [4.78, 5) is 27.8. The van der Waals surface area contributed by atoms with Gasteiger partial charge in [0.05, 0.1) is 7.11 Å². The molecule has 1 saturated heterocycles. The molecule has 25 heavy (non-hydrogen) atoms. The Labute approximate surface area is 150 Å². The first kappa shape index (κ1) is 19.4. The van der Waals surface area contributed by atoms with E-state index in [1.165, 1.54) is 12.7 Å². The van der Waals surface area contributed by atoms with Crippen LogP contribution in [-0.2, 0) is 20.7 Å². The summed E-state index contributed by atoms with van der Waals surface area (Å²) < 4.78 is 4.62. The second kappa shape index (κ2) is 10.2. The quantitative estimate of drug-likeness (QED) is 0.679. The lowest BCUT2D eigenvalue weighted by Gasteiger charge is -2.37. The van der Waals surface area contributed by atoms with E-state index in [4.69, 9.17) is 0 Å². The van der Waals surface area contributed by atoms with Crippen molar-refractivity contribution in [2.45, 2.75) is 44.6 Å². The third-order valence-electron chi connectivity index (χ3n) is 4.98. The van der Waals surface area contributed by atoms with E-state index in [-0.39, 0.29) is 17.9 Å². The number of benzene rings is 1. The van der Waals surface area contributed by atoms with Crippen LogP contribution in [0.1, 0.15) is 37.7 Å². The highest BCUT2D eigenvalue weighted by atomic mass is 16.5. The number of carbonyl (C=O) groups excluding carboxylic acids is 2. The summed E-state index contributed by atoms with van der Waals surface area (Å²) >= 11 is 0. The predicted molar refractivity (Wildman–Crippen MR) is 98.2 cm³/mol. The highest BCUT2D eigenvalue weighted by Crippen LogP contribution is 2.17. The van der Waals surface area contributed by atoms with Crippen LogP contribution in [0.2, 0.25) is 0 Å². The predicted octanol–water partition coefficient (Wildman–Crippen LogP) is 2.50. The molecule has 1 unspecified atom stereocenters. The van der Waals surface area contributed by atoms with Gasteiger partial charge in [-0.05, 0) is 37.8 Å². The fourth-order valence-electron chi connectivity index (χ4n) is 3.35. The molecule has 1 aromatic rings. The van der Waals surface area contributed by atoms with Crippen LogP contribution < -0.4 is 0 Å². The van der Waals surface area contributed by atoms with Crippen LogP contribution in [0.25, 0.3) is 0 Å². The molecule has 1 aliphatic heterocycles. The molecule has 1 aliphatic rings. The number of rotatable bonds is 8. The highest BCUT2D eigenvalue weighted by Gasteiger charge is 2.25. The molecule has 0 saturated carbocycles. The van der Waals surface area contributed by atoms with Crippen molar-refractivity contribution in [2.75, 3.05) is 33.8 Å². The first-order valence-corrected chi connectivity index (χ1v) is 9.19. The summed E-state index contributed by atoms with van der Waals surface area (Å²) in [7, 11) is 3.27. The average Bonchev–Trinajstić information content (AvgIpc) is 2.66. The van der Waals surface area contributed by atoms with Crippen LogP contribution >= 0.6 is 0 Å². The van der Waals surface area contributed by atoms with Crippen LogP contribution in [0.15, 0.2) is 30.3 Å². The van der Waals surface area contributed by atoms with Gasteiger partial charge < -0.3 is 14.5 Å². The number of hydrogen-bond acceptors (Lipinski definition) is 4. The van der Waals surface area contributed by atoms with Crippen LogP contribution in [-0.4, -0.2) is 61.5 Å². The van der Waals surface area contributed by atoms with Crippen LogP contribution in [0.5, 0.6) is 0 Å². The number of carbonyl (C=O) groups is 2. The number of hydrogen-bond donors (Lipinski definition) is 0. The van der Waals surface area contributed by atoms with E-state index in [2.05, 4.69) is 33.9 Å². The normalized spacial score (nSPS) is 17.9. The van der Waals surface area contributed by atoms with Gasteiger partial charge >= 0.3 is 5.97 Å². The third kappa shape index (κ3) is 6.50. The molecule has 0 aliphatic carbocycles. The van der Waals surface area contributed by atoms with Gasteiger partial charge in [-0.3, -0.25) is 9.59 Å². The summed E-state index contributed by atoms with van der Waals surface area (Å²) in [6.45, 7) is 3.07. The summed E-state index contributed by atoms with van der Waals surface area (Å²) in [5, 5.41) is 0. The molecular weight excluding hydrogens is 316 g/mol. The Hall–Kier alpha value is -1.88. The van der Waals surface area contributed by atoms with Gasteiger partial charge in [-0.15, -0.1) is 0 Å². The van der Waals surface area contributed by atoms with Crippen molar-refractivity contribution < 1.29 is 14.3 Å². The molecule has 2 rings (SSSR count). The number of likely N-dealkylation sites (tertiary alicyclic amines) is 1. The number of piperidine rings is 1. The molecule has 5 heteroatoms. The zero-order valence-electron chi connectivity index (χ0n) is 15.4. The molecule has 1 atom stereocenters. The minimum Gasteiger partial charge on any atom is -0.469 e. The largest absolute Gasteiger partial charge is 0.469 e. The van der Waals surface area contributed by atoms with Crippen molar-refractivity contribution in [1.29, 1.82) is 0 Å². The van der Waals surface area contributed by atoms with Crippen molar-refractivity contribution >= 4 is 11.9 Å².